The number of rotatable bonds is 2. The first-order chi connectivity index (χ1) is 21.3. The Morgan fingerprint density at radius 2 is 1.00 bits per heavy atom. The van der Waals surface area contributed by atoms with Crippen LogP contribution in [0.2, 0.25) is 0 Å². The quantitative estimate of drug-likeness (QED) is 0.201. The van der Waals surface area contributed by atoms with Crippen molar-refractivity contribution in [2.45, 2.75) is 0 Å². The van der Waals surface area contributed by atoms with Crippen LogP contribution in [0.15, 0.2) is 147 Å². The van der Waals surface area contributed by atoms with Crippen LogP contribution in [0.3, 0.4) is 0 Å². The van der Waals surface area contributed by atoms with E-state index < -0.39 is 0 Å². The van der Waals surface area contributed by atoms with Crippen molar-refractivity contribution in [2.75, 3.05) is 0 Å². The summed E-state index contributed by atoms with van der Waals surface area (Å²) in [5, 5.41) is 10.2. The first-order valence-electron chi connectivity index (χ1n) is 14.5. The van der Waals surface area contributed by atoms with Crippen molar-refractivity contribution in [3.63, 3.8) is 0 Å². The number of furan rings is 3. The van der Waals surface area contributed by atoms with Gasteiger partial charge in [0.15, 0.2) is 0 Å². The van der Waals surface area contributed by atoms with Crippen molar-refractivity contribution in [3.05, 3.63) is 134 Å². The summed E-state index contributed by atoms with van der Waals surface area (Å²) in [6.45, 7) is 0. The van der Waals surface area contributed by atoms with E-state index in [4.69, 9.17) is 13.3 Å². The molecule has 3 aromatic heterocycles. The summed E-state index contributed by atoms with van der Waals surface area (Å²) in [5.41, 5.74) is 9.07. The molecule has 0 aliphatic heterocycles. The standard InChI is InChI=1S/C40H22O3/c1-3-11-28-26(9-1)36(24-17-18-33-31(22-24)25-8-5-6-14-32(25)42-33)27-10-2-4-12-29(27)37(28)30-13-7-15-34-38(30)39-35(43-34)19-16-23-20-21-41-40(23)39/h1-22H. The summed E-state index contributed by atoms with van der Waals surface area (Å²) in [4.78, 5) is 0. The van der Waals surface area contributed by atoms with E-state index in [1.165, 1.54) is 38.2 Å². The van der Waals surface area contributed by atoms with E-state index in [2.05, 4.69) is 103 Å². The van der Waals surface area contributed by atoms with Crippen LogP contribution in [0.5, 0.6) is 0 Å². The van der Waals surface area contributed by atoms with E-state index in [0.29, 0.717) is 0 Å². The molecule has 0 bridgehead atoms. The average Bonchev–Trinajstić information content (AvgIpc) is 3.78. The summed E-state index contributed by atoms with van der Waals surface area (Å²) in [6, 6.07) is 44.8. The first-order valence-corrected chi connectivity index (χ1v) is 14.5. The molecule has 0 spiro atoms. The van der Waals surface area contributed by atoms with Gasteiger partial charge >= 0.3 is 0 Å². The Morgan fingerprint density at radius 1 is 0.395 bits per heavy atom. The molecule has 0 atom stereocenters. The molecular weight excluding hydrogens is 528 g/mol. The number of para-hydroxylation sites is 1. The Bertz CT molecular complexity index is 2680. The molecule has 0 amide bonds. The molecule has 0 fully saturated rings. The molecule has 0 aliphatic carbocycles. The summed E-state index contributed by atoms with van der Waals surface area (Å²) >= 11 is 0. The molecule has 10 aromatic rings. The van der Waals surface area contributed by atoms with E-state index in [1.807, 2.05) is 24.3 Å². The zero-order valence-corrected chi connectivity index (χ0v) is 22.9. The van der Waals surface area contributed by atoms with E-state index in [0.717, 1.165) is 60.4 Å². The molecule has 0 unspecified atom stereocenters. The fourth-order valence-electron chi connectivity index (χ4n) is 7.15. The van der Waals surface area contributed by atoms with Gasteiger partial charge in [-0.25, -0.2) is 0 Å². The van der Waals surface area contributed by atoms with Gasteiger partial charge in [0.05, 0.1) is 11.6 Å². The van der Waals surface area contributed by atoms with Crippen molar-refractivity contribution in [2.24, 2.45) is 0 Å². The second kappa shape index (κ2) is 8.37. The SMILES string of the molecule is c1ccc2c(c1)oc1ccc(-c3c4ccccc4c(-c4cccc5oc6ccc7ccoc7c6c45)c4ccccc34)cc12. The lowest BCUT2D eigenvalue weighted by molar-refractivity contribution is 0.618. The van der Waals surface area contributed by atoms with Gasteiger partial charge in [0.2, 0.25) is 0 Å². The highest BCUT2D eigenvalue weighted by Gasteiger charge is 2.22. The van der Waals surface area contributed by atoms with Crippen LogP contribution < -0.4 is 0 Å². The Labute approximate surface area is 245 Å². The normalized spacial score (nSPS) is 12.2. The van der Waals surface area contributed by atoms with Crippen molar-refractivity contribution in [1.82, 2.24) is 0 Å². The maximum atomic E-state index is 6.41. The van der Waals surface area contributed by atoms with Crippen molar-refractivity contribution >= 4 is 76.4 Å². The highest BCUT2D eigenvalue weighted by Crippen LogP contribution is 2.48. The Kier molecular flexibility index (Phi) is 4.45. The second-order valence-electron chi connectivity index (χ2n) is 11.2. The third kappa shape index (κ3) is 3.08. The molecule has 0 saturated carbocycles. The van der Waals surface area contributed by atoms with Crippen molar-refractivity contribution in [1.29, 1.82) is 0 Å². The minimum atomic E-state index is 0.829. The molecule has 7 aromatic carbocycles. The lowest BCUT2D eigenvalue weighted by Crippen LogP contribution is -1.91. The molecule has 0 N–H and O–H groups in total. The Morgan fingerprint density at radius 3 is 1.79 bits per heavy atom. The van der Waals surface area contributed by atoms with Gasteiger partial charge in [0.1, 0.15) is 27.9 Å². The predicted octanol–water partition coefficient (Wildman–Crippen LogP) is 11.9. The summed E-state index contributed by atoms with van der Waals surface area (Å²) < 4.78 is 18.6. The van der Waals surface area contributed by atoms with Gasteiger partial charge in [0.25, 0.3) is 0 Å². The fourth-order valence-corrected chi connectivity index (χ4v) is 7.15. The largest absolute Gasteiger partial charge is 0.464 e. The van der Waals surface area contributed by atoms with Crippen LogP contribution in [-0.4, -0.2) is 0 Å². The first kappa shape index (κ1) is 22.8. The Hall–Kier alpha value is -5.80. The number of benzene rings is 7. The number of hydrogen-bond donors (Lipinski definition) is 0. The van der Waals surface area contributed by atoms with Gasteiger partial charge < -0.3 is 13.3 Å². The molecule has 200 valence electrons. The minimum Gasteiger partial charge on any atom is -0.464 e. The summed E-state index contributed by atoms with van der Waals surface area (Å²) in [5.74, 6) is 0. The van der Waals surface area contributed by atoms with Gasteiger partial charge in [-0.3, -0.25) is 0 Å². The molecule has 0 saturated heterocycles. The van der Waals surface area contributed by atoms with Gasteiger partial charge in [-0.2, -0.15) is 0 Å². The average molecular weight is 551 g/mol. The summed E-state index contributed by atoms with van der Waals surface area (Å²) in [6.07, 6.45) is 1.76. The van der Waals surface area contributed by atoms with Gasteiger partial charge in [-0.15, -0.1) is 0 Å². The maximum absolute atomic E-state index is 6.41. The molecule has 10 rings (SSSR count). The molecule has 43 heavy (non-hydrogen) atoms. The number of fused-ring (bicyclic) bond motifs is 10. The molecule has 3 nitrogen and oxygen atoms in total. The highest BCUT2D eigenvalue weighted by atomic mass is 16.3. The van der Waals surface area contributed by atoms with Crippen LogP contribution in [0.1, 0.15) is 0 Å². The van der Waals surface area contributed by atoms with Crippen LogP contribution in [0, 0.1) is 0 Å². The molecule has 0 radical (unpaired) electrons. The Balaban J connectivity index is 1.36. The van der Waals surface area contributed by atoms with Crippen LogP contribution in [0.25, 0.3) is 98.6 Å². The monoisotopic (exact) mass is 550 g/mol. The fraction of sp³-hybridized carbons (Fsp3) is 0. The van der Waals surface area contributed by atoms with Crippen molar-refractivity contribution < 1.29 is 13.3 Å². The topological polar surface area (TPSA) is 39.4 Å². The number of hydrogen-bond acceptors (Lipinski definition) is 3. The third-order valence-corrected chi connectivity index (χ3v) is 8.95. The van der Waals surface area contributed by atoms with Crippen LogP contribution >= 0.6 is 0 Å². The van der Waals surface area contributed by atoms with E-state index in [9.17, 15) is 0 Å². The van der Waals surface area contributed by atoms with Gasteiger partial charge in [-0.05, 0) is 86.3 Å². The second-order valence-corrected chi connectivity index (χ2v) is 11.2. The van der Waals surface area contributed by atoms with Crippen LogP contribution in [-0.2, 0) is 0 Å². The summed E-state index contributed by atoms with van der Waals surface area (Å²) in [7, 11) is 0. The van der Waals surface area contributed by atoms with E-state index >= 15 is 0 Å². The molecular formula is C40H22O3. The molecule has 0 aliphatic rings. The minimum absolute atomic E-state index is 0.829. The third-order valence-electron chi connectivity index (χ3n) is 8.95. The highest BCUT2D eigenvalue weighted by molar-refractivity contribution is 6.28. The lowest BCUT2D eigenvalue weighted by atomic mass is 9.84. The van der Waals surface area contributed by atoms with E-state index in [-0.39, 0.29) is 0 Å². The zero-order chi connectivity index (χ0) is 28.1. The predicted molar refractivity (Wildman–Crippen MR) is 177 cm³/mol. The van der Waals surface area contributed by atoms with Crippen LogP contribution in [0.4, 0.5) is 0 Å². The molecule has 3 heteroatoms. The van der Waals surface area contributed by atoms with E-state index in [1.54, 1.807) is 6.26 Å². The zero-order valence-electron chi connectivity index (χ0n) is 22.9. The smallest absolute Gasteiger partial charge is 0.145 e. The van der Waals surface area contributed by atoms with Crippen molar-refractivity contribution in [3.8, 4) is 22.3 Å². The van der Waals surface area contributed by atoms with Gasteiger partial charge in [-0.1, -0.05) is 84.9 Å². The van der Waals surface area contributed by atoms with Gasteiger partial charge in [0, 0.05) is 21.5 Å². The maximum Gasteiger partial charge on any atom is 0.145 e. The molecule has 3 heterocycles. The lowest BCUT2D eigenvalue weighted by Gasteiger charge is -2.18.